The van der Waals surface area contributed by atoms with Crippen LogP contribution in [0.4, 0.5) is 0 Å². The lowest BCUT2D eigenvalue weighted by molar-refractivity contribution is 0.237. The molecule has 0 spiro atoms. The van der Waals surface area contributed by atoms with Crippen LogP contribution in [0, 0.1) is 0 Å². The number of hydrogen-bond donors (Lipinski definition) is 1. The molecular formula is C14H22N2O3S. The monoisotopic (exact) mass is 298 g/mol. The molecule has 1 atom stereocenters. The Balaban J connectivity index is 2.13. The fourth-order valence-electron chi connectivity index (χ4n) is 2.74. The van der Waals surface area contributed by atoms with Crippen molar-refractivity contribution in [2.45, 2.75) is 30.7 Å². The van der Waals surface area contributed by atoms with Gasteiger partial charge < -0.3 is 5.11 Å². The first-order chi connectivity index (χ1) is 9.45. The molecule has 0 saturated carbocycles. The number of sulfonamides is 1. The molecule has 1 aliphatic heterocycles. The summed E-state index contributed by atoms with van der Waals surface area (Å²) in [6, 6.07) is 6.10. The minimum atomic E-state index is -3.53. The quantitative estimate of drug-likeness (QED) is 0.895. The predicted octanol–water partition coefficient (Wildman–Crippen LogP) is 1.50. The molecular weight excluding hydrogens is 276 g/mol. The standard InChI is InChI=1S/C14H22N2O3S/c1-3-16-9-5-6-12(16)11-15(2)20(18,19)14-8-4-7-13(17)10-14/h4,7-8,10,12,17H,3,5-6,9,11H2,1-2H3. The van der Waals surface area contributed by atoms with Crippen LogP contribution in [0.2, 0.25) is 0 Å². The van der Waals surface area contributed by atoms with Crippen LogP contribution in [0.1, 0.15) is 19.8 Å². The first kappa shape index (κ1) is 15.3. The van der Waals surface area contributed by atoms with E-state index >= 15 is 0 Å². The topological polar surface area (TPSA) is 60.9 Å². The highest BCUT2D eigenvalue weighted by molar-refractivity contribution is 7.89. The summed E-state index contributed by atoms with van der Waals surface area (Å²) in [6.45, 7) is 4.58. The lowest BCUT2D eigenvalue weighted by Gasteiger charge is -2.27. The van der Waals surface area contributed by atoms with Crippen LogP contribution in [0.5, 0.6) is 5.75 Å². The van der Waals surface area contributed by atoms with E-state index in [0.717, 1.165) is 25.9 Å². The molecule has 1 fully saturated rings. The SMILES string of the molecule is CCN1CCCC1CN(C)S(=O)(=O)c1cccc(O)c1. The fraction of sp³-hybridized carbons (Fsp3) is 0.571. The van der Waals surface area contributed by atoms with Gasteiger partial charge in [-0.15, -0.1) is 0 Å². The van der Waals surface area contributed by atoms with E-state index in [1.54, 1.807) is 13.1 Å². The highest BCUT2D eigenvalue weighted by Gasteiger charge is 2.29. The van der Waals surface area contributed by atoms with Gasteiger partial charge >= 0.3 is 0 Å². The molecule has 5 nitrogen and oxygen atoms in total. The van der Waals surface area contributed by atoms with Crippen molar-refractivity contribution in [3.63, 3.8) is 0 Å². The van der Waals surface area contributed by atoms with Crippen LogP contribution in [-0.4, -0.2) is 55.5 Å². The fourth-order valence-corrected chi connectivity index (χ4v) is 3.99. The summed E-state index contributed by atoms with van der Waals surface area (Å²) in [5, 5.41) is 9.43. The molecule has 1 aliphatic rings. The smallest absolute Gasteiger partial charge is 0.243 e. The summed E-state index contributed by atoms with van der Waals surface area (Å²) < 4.78 is 26.3. The van der Waals surface area contributed by atoms with Gasteiger partial charge in [0.2, 0.25) is 10.0 Å². The van der Waals surface area contributed by atoms with Gasteiger partial charge in [0.15, 0.2) is 0 Å². The minimum Gasteiger partial charge on any atom is -0.508 e. The third kappa shape index (κ3) is 3.13. The van der Waals surface area contributed by atoms with Crippen molar-refractivity contribution in [3.05, 3.63) is 24.3 Å². The van der Waals surface area contributed by atoms with Gasteiger partial charge in [0, 0.05) is 19.6 Å². The largest absolute Gasteiger partial charge is 0.508 e. The average Bonchev–Trinajstić information content (AvgIpc) is 2.86. The Morgan fingerprint density at radius 2 is 2.20 bits per heavy atom. The molecule has 1 aromatic rings. The molecule has 1 heterocycles. The van der Waals surface area contributed by atoms with Gasteiger partial charge in [-0.25, -0.2) is 8.42 Å². The Hall–Kier alpha value is -1.11. The lowest BCUT2D eigenvalue weighted by Crippen LogP contribution is -2.41. The maximum Gasteiger partial charge on any atom is 0.243 e. The molecule has 0 aromatic heterocycles. The zero-order valence-corrected chi connectivity index (χ0v) is 12.8. The second kappa shape index (κ2) is 6.11. The molecule has 0 amide bonds. The van der Waals surface area contributed by atoms with Crippen molar-refractivity contribution in [1.82, 2.24) is 9.21 Å². The first-order valence-corrected chi connectivity index (χ1v) is 8.38. The van der Waals surface area contributed by atoms with Crippen molar-refractivity contribution < 1.29 is 13.5 Å². The van der Waals surface area contributed by atoms with Crippen LogP contribution in [0.3, 0.4) is 0 Å². The molecule has 1 N–H and O–H groups in total. The highest BCUT2D eigenvalue weighted by atomic mass is 32.2. The number of likely N-dealkylation sites (tertiary alicyclic amines) is 1. The Morgan fingerprint density at radius 1 is 1.45 bits per heavy atom. The van der Waals surface area contributed by atoms with Crippen LogP contribution in [0.15, 0.2) is 29.2 Å². The second-order valence-corrected chi connectivity index (χ2v) is 7.25. The predicted molar refractivity (Wildman–Crippen MR) is 78.2 cm³/mol. The minimum absolute atomic E-state index is 0.0319. The summed E-state index contributed by atoms with van der Waals surface area (Å²) in [5.41, 5.74) is 0. The Morgan fingerprint density at radius 3 is 2.85 bits per heavy atom. The van der Waals surface area contributed by atoms with Crippen molar-refractivity contribution >= 4 is 10.0 Å². The summed E-state index contributed by atoms with van der Waals surface area (Å²) in [7, 11) is -1.93. The summed E-state index contributed by atoms with van der Waals surface area (Å²) >= 11 is 0. The molecule has 112 valence electrons. The lowest BCUT2D eigenvalue weighted by atomic mass is 10.2. The molecule has 0 bridgehead atoms. The van der Waals surface area contributed by atoms with Crippen LogP contribution in [0.25, 0.3) is 0 Å². The molecule has 20 heavy (non-hydrogen) atoms. The van der Waals surface area contributed by atoms with E-state index in [1.807, 2.05) is 0 Å². The van der Waals surface area contributed by atoms with Gasteiger partial charge in [0.25, 0.3) is 0 Å². The van der Waals surface area contributed by atoms with Crippen LogP contribution >= 0.6 is 0 Å². The van der Waals surface area contributed by atoms with Gasteiger partial charge in [-0.05, 0) is 44.1 Å². The molecule has 0 aliphatic carbocycles. The van der Waals surface area contributed by atoms with E-state index < -0.39 is 10.0 Å². The molecule has 1 unspecified atom stereocenters. The number of hydrogen-bond acceptors (Lipinski definition) is 4. The Kier molecular flexibility index (Phi) is 4.67. The third-order valence-electron chi connectivity index (χ3n) is 3.90. The summed E-state index contributed by atoms with van der Waals surface area (Å²) in [6.07, 6.45) is 2.16. The van der Waals surface area contributed by atoms with E-state index in [2.05, 4.69) is 11.8 Å². The van der Waals surface area contributed by atoms with E-state index in [4.69, 9.17) is 0 Å². The maximum atomic E-state index is 12.5. The van der Waals surface area contributed by atoms with E-state index in [0.29, 0.717) is 6.54 Å². The normalized spacial score (nSPS) is 20.6. The number of aromatic hydroxyl groups is 1. The van der Waals surface area contributed by atoms with Crippen molar-refractivity contribution in [2.24, 2.45) is 0 Å². The van der Waals surface area contributed by atoms with E-state index in [-0.39, 0.29) is 16.7 Å². The van der Waals surface area contributed by atoms with Crippen molar-refractivity contribution in [2.75, 3.05) is 26.7 Å². The molecule has 2 rings (SSSR count). The average molecular weight is 298 g/mol. The number of phenolic OH excluding ortho intramolecular Hbond substituents is 1. The zero-order valence-electron chi connectivity index (χ0n) is 12.0. The number of likely N-dealkylation sites (N-methyl/N-ethyl adjacent to an activating group) is 2. The highest BCUT2D eigenvalue weighted by Crippen LogP contribution is 2.22. The van der Waals surface area contributed by atoms with E-state index in [1.165, 1.54) is 22.5 Å². The van der Waals surface area contributed by atoms with E-state index in [9.17, 15) is 13.5 Å². The van der Waals surface area contributed by atoms with Crippen LogP contribution < -0.4 is 0 Å². The van der Waals surface area contributed by atoms with Gasteiger partial charge in [0.1, 0.15) is 5.75 Å². The first-order valence-electron chi connectivity index (χ1n) is 6.94. The second-order valence-electron chi connectivity index (χ2n) is 5.21. The van der Waals surface area contributed by atoms with Crippen LogP contribution in [-0.2, 0) is 10.0 Å². The van der Waals surface area contributed by atoms with Gasteiger partial charge in [-0.1, -0.05) is 13.0 Å². The number of benzene rings is 1. The molecule has 0 radical (unpaired) electrons. The molecule has 1 saturated heterocycles. The number of phenols is 1. The molecule has 1 aromatic carbocycles. The van der Waals surface area contributed by atoms with Gasteiger partial charge in [-0.2, -0.15) is 4.31 Å². The number of rotatable bonds is 5. The summed E-state index contributed by atoms with van der Waals surface area (Å²) in [4.78, 5) is 2.45. The Bertz CT molecular complexity index is 559. The maximum absolute atomic E-state index is 12.5. The van der Waals surface area contributed by atoms with Gasteiger partial charge in [0.05, 0.1) is 4.90 Å². The zero-order chi connectivity index (χ0) is 14.8. The van der Waals surface area contributed by atoms with Gasteiger partial charge in [-0.3, -0.25) is 4.90 Å². The Labute approximate surface area is 120 Å². The molecule has 6 heteroatoms. The van der Waals surface area contributed by atoms with Crippen molar-refractivity contribution in [3.8, 4) is 5.75 Å². The van der Waals surface area contributed by atoms with Crippen molar-refractivity contribution in [1.29, 1.82) is 0 Å². The summed E-state index contributed by atoms with van der Waals surface area (Å²) in [5.74, 6) is -0.0319. The third-order valence-corrected chi connectivity index (χ3v) is 5.72. The number of nitrogens with zero attached hydrogens (tertiary/aromatic N) is 2.